The predicted molar refractivity (Wildman–Crippen MR) is 114 cm³/mol. The van der Waals surface area contributed by atoms with Gasteiger partial charge in [-0.2, -0.15) is 0 Å². The summed E-state index contributed by atoms with van der Waals surface area (Å²) in [6, 6.07) is 12.7. The first kappa shape index (κ1) is 19.9. The Hall–Kier alpha value is -3.87. The van der Waals surface area contributed by atoms with Crippen LogP contribution in [0, 0.1) is 5.82 Å². The molecule has 1 aromatic heterocycles. The summed E-state index contributed by atoms with van der Waals surface area (Å²) in [7, 11) is 1.67. The Kier molecular flexibility index (Phi) is 5.50. The lowest BCUT2D eigenvalue weighted by molar-refractivity contribution is 0.0698. The second-order valence-corrected chi connectivity index (χ2v) is 6.33. The summed E-state index contributed by atoms with van der Waals surface area (Å²) < 4.78 is 13.4. The van der Waals surface area contributed by atoms with Crippen LogP contribution >= 0.6 is 0 Å². The Morgan fingerprint density at radius 1 is 1.10 bits per heavy atom. The van der Waals surface area contributed by atoms with Gasteiger partial charge < -0.3 is 10.8 Å². The lowest BCUT2D eigenvalue weighted by atomic mass is 9.94. The maximum atomic E-state index is 13.4. The zero-order valence-corrected chi connectivity index (χ0v) is 16.0. The molecule has 3 N–H and O–H groups in total. The van der Waals surface area contributed by atoms with Crippen LogP contribution in [0.3, 0.4) is 0 Å². The van der Waals surface area contributed by atoms with Crippen molar-refractivity contribution in [1.29, 1.82) is 0 Å². The molecule has 0 unspecified atom stereocenters. The van der Waals surface area contributed by atoms with Gasteiger partial charge >= 0.3 is 5.97 Å². The molecule has 0 radical (unpaired) electrons. The summed E-state index contributed by atoms with van der Waals surface area (Å²) in [5, 5.41) is 9.49. The lowest BCUT2D eigenvalue weighted by Crippen LogP contribution is -2.07. The van der Waals surface area contributed by atoms with Crippen LogP contribution in [-0.4, -0.2) is 35.5 Å². The van der Waals surface area contributed by atoms with Crippen molar-refractivity contribution < 1.29 is 14.3 Å². The molecule has 0 fully saturated rings. The average molecular weight is 390 g/mol. The van der Waals surface area contributed by atoms with E-state index in [0.29, 0.717) is 28.1 Å². The van der Waals surface area contributed by atoms with Gasteiger partial charge in [0.2, 0.25) is 0 Å². The van der Waals surface area contributed by atoms with Crippen molar-refractivity contribution in [3.63, 3.8) is 0 Å². The van der Waals surface area contributed by atoms with E-state index in [2.05, 4.69) is 21.7 Å². The molecule has 0 aliphatic heterocycles. The normalized spacial score (nSPS) is 11.3. The van der Waals surface area contributed by atoms with Crippen molar-refractivity contribution in [2.75, 3.05) is 12.8 Å². The molecule has 0 saturated heterocycles. The van der Waals surface area contributed by atoms with E-state index in [0.717, 1.165) is 11.3 Å². The molecular formula is C22H19FN4O2. The number of halogens is 1. The number of nitrogens with two attached hydrogens (primary N) is 1. The number of carboxylic acids is 1. The van der Waals surface area contributed by atoms with Crippen LogP contribution in [0.2, 0.25) is 0 Å². The van der Waals surface area contributed by atoms with Gasteiger partial charge in [-0.25, -0.2) is 14.2 Å². The van der Waals surface area contributed by atoms with Crippen molar-refractivity contribution in [2.24, 2.45) is 9.98 Å². The number of carbonyl (C=O) groups is 1. The van der Waals surface area contributed by atoms with E-state index < -0.39 is 5.97 Å². The van der Waals surface area contributed by atoms with Crippen LogP contribution in [0.1, 0.15) is 22.8 Å². The Morgan fingerprint density at radius 3 is 2.34 bits per heavy atom. The van der Waals surface area contributed by atoms with Crippen LogP contribution in [0.5, 0.6) is 0 Å². The summed E-state index contributed by atoms with van der Waals surface area (Å²) >= 11 is 0. The van der Waals surface area contributed by atoms with Crippen molar-refractivity contribution in [3.8, 4) is 22.4 Å². The number of aliphatic imine (C=N–C) groups is 2. The topological polar surface area (TPSA) is 101 Å². The Balaban J connectivity index is 2.32. The Morgan fingerprint density at radius 2 is 1.76 bits per heavy atom. The van der Waals surface area contributed by atoms with Gasteiger partial charge in [0.25, 0.3) is 0 Å². The maximum absolute atomic E-state index is 13.4. The van der Waals surface area contributed by atoms with E-state index in [4.69, 9.17) is 5.73 Å². The molecule has 3 aromatic rings. The number of nitrogens with zero attached hydrogens (tertiary/aromatic N) is 3. The highest BCUT2D eigenvalue weighted by molar-refractivity contribution is 6.05. The standard InChI is InChI=1S/C22H19FN4O2/c1-12(25-2)16-10-14(6-9-19(16)26-3)17-11-18(22(28)29)21(24)27-20(17)13-4-7-15(23)8-5-13/h4-11H,3H2,1-2H3,(H2,24,27)(H,28,29)/b25-12-. The molecule has 0 bridgehead atoms. The largest absolute Gasteiger partial charge is 0.478 e. The first-order chi connectivity index (χ1) is 13.8. The number of rotatable bonds is 5. The average Bonchev–Trinajstić information content (AvgIpc) is 2.72. The number of anilines is 1. The quantitative estimate of drug-likeness (QED) is 0.621. The minimum Gasteiger partial charge on any atom is -0.478 e. The number of pyridine rings is 1. The predicted octanol–water partition coefficient (Wildman–Crippen LogP) is 4.61. The molecule has 0 spiro atoms. The summed E-state index contributed by atoms with van der Waals surface area (Å²) in [4.78, 5) is 24.2. The van der Waals surface area contributed by atoms with Crippen molar-refractivity contribution >= 4 is 29.9 Å². The molecular weight excluding hydrogens is 371 g/mol. The fourth-order valence-corrected chi connectivity index (χ4v) is 3.00. The van der Waals surface area contributed by atoms with Crippen LogP contribution in [0.25, 0.3) is 22.4 Å². The molecule has 6 nitrogen and oxygen atoms in total. The van der Waals surface area contributed by atoms with E-state index in [1.54, 1.807) is 31.3 Å². The highest BCUT2D eigenvalue weighted by Crippen LogP contribution is 2.35. The molecule has 146 valence electrons. The highest BCUT2D eigenvalue weighted by atomic mass is 19.1. The molecule has 0 aliphatic carbocycles. The monoisotopic (exact) mass is 390 g/mol. The van der Waals surface area contributed by atoms with E-state index >= 15 is 0 Å². The zero-order chi connectivity index (χ0) is 21.1. The van der Waals surface area contributed by atoms with Gasteiger partial charge in [0.05, 0.1) is 11.4 Å². The van der Waals surface area contributed by atoms with Gasteiger partial charge in [-0.1, -0.05) is 6.07 Å². The third-order valence-electron chi connectivity index (χ3n) is 4.60. The Bertz CT molecular complexity index is 1140. The minimum absolute atomic E-state index is 0.112. The summed E-state index contributed by atoms with van der Waals surface area (Å²) in [5.41, 5.74) is 10.2. The molecule has 7 heteroatoms. The molecule has 3 rings (SSSR count). The molecule has 0 aliphatic rings. The Labute approximate surface area is 167 Å². The molecule has 1 heterocycles. The van der Waals surface area contributed by atoms with Crippen molar-refractivity contribution in [2.45, 2.75) is 6.92 Å². The van der Waals surface area contributed by atoms with Gasteiger partial charge in [-0.05, 0) is 61.7 Å². The van der Waals surface area contributed by atoms with Gasteiger partial charge in [0.1, 0.15) is 17.2 Å². The number of hydrogen-bond acceptors (Lipinski definition) is 5. The van der Waals surface area contributed by atoms with E-state index in [-0.39, 0.29) is 17.2 Å². The second-order valence-electron chi connectivity index (χ2n) is 6.33. The van der Waals surface area contributed by atoms with Crippen LogP contribution in [-0.2, 0) is 0 Å². The van der Waals surface area contributed by atoms with Gasteiger partial charge in [-0.15, -0.1) is 0 Å². The number of aromatic nitrogens is 1. The molecule has 2 aromatic carbocycles. The third-order valence-corrected chi connectivity index (χ3v) is 4.60. The first-order valence-corrected chi connectivity index (χ1v) is 8.70. The van der Waals surface area contributed by atoms with Gasteiger partial charge in [0.15, 0.2) is 0 Å². The second kappa shape index (κ2) is 8.02. The fraction of sp³-hybridized carbons (Fsp3) is 0.0909. The zero-order valence-electron chi connectivity index (χ0n) is 16.0. The number of benzene rings is 2. The summed E-state index contributed by atoms with van der Waals surface area (Å²) in [6.45, 7) is 5.43. The molecule has 0 amide bonds. The number of hydrogen-bond donors (Lipinski definition) is 2. The minimum atomic E-state index is -1.18. The third kappa shape index (κ3) is 3.89. The first-order valence-electron chi connectivity index (χ1n) is 8.70. The van der Waals surface area contributed by atoms with Crippen LogP contribution < -0.4 is 5.73 Å². The highest BCUT2D eigenvalue weighted by Gasteiger charge is 2.18. The molecule has 29 heavy (non-hydrogen) atoms. The number of nitrogen functional groups attached to an aromatic ring is 1. The van der Waals surface area contributed by atoms with Crippen molar-refractivity contribution in [3.05, 3.63) is 65.5 Å². The van der Waals surface area contributed by atoms with Gasteiger partial charge in [0, 0.05) is 29.4 Å². The van der Waals surface area contributed by atoms with E-state index in [1.165, 1.54) is 18.2 Å². The van der Waals surface area contributed by atoms with E-state index in [1.807, 2.05) is 13.0 Å². The van der Waals surface area contributed by atoms with Gasteiger partial charge in [-0.3, -0.25) is 9.98 Å². The lowest BCUT2D eigenvalue weighted by Gasteiger charge is -2.14. The fourth-order valence-electron chi connectivity index (χ4n) is 3.00. The molecule has 0 atom stereocenters. The van der Waals surface area contributed by atoms with E-state index in [9.17, 15) is 14.3 Å². The maximum Gasteiger partial charge on any atom is 0.339 e. The smallest absolute Gasteiger partial charge is 0.339 e. The number of carboxylic acid groups (broad SMARTS) is 1. The van der Waals surface area contributed by atoms with Crippen LogP contribution in [0.15, 0.2) is 58.5 Å². The van der Waals surface area contributed by atoms with Crippen molar-refractivity contribution in [1.82, 2.24) is 4.98 Å². The van der Waals surface area contributed by atoms with Crippen LogP contribution in [0.4, 0.5) is 15.9 Å². The SMILES string of the molecule is C=Nc1ccc(-c2cc(C(=O)O)c(N)nc2-c2ccc(F)cc2)cc1/C(C)=N\C. The molecule has 0 saturated carbocycles. The summed E-state index contributed by atoms with van der Waals surface area (Å²) in [6.07, 6.45) is 0. The summed E-state index contributed by atoms with van der Waals surface area (Å²) in [5.74, 6) is -1.68. The number of aromatic carboxylic acids is 1.